The van der Waals surface area contributed by atoms with Crippen molar-refractivity contribution in [1.29, 1.82) is 0 Å². The number of nitrogens with one attached hydrogen (secondary N) is 2. The van der Waals surface area contributed by atoms with Crippen LogP contribution < -0.4 is 5.32 Å². The molecule has 1 amide bonds. The molecule has 5 heterocycles. The van der Waals surface area contributed by atoms with E-state index in [9.17, 15) is 9.90 Å². The number of ether oxygens (including phenoxy) is 1. The molecule has 1 aromatic carbocycles. The Morgan fingerprint density at radius 1 is 1.27 bits per heavy atom. The molecule has 6 rings (SSSR count). The smallest absolute Gasteiger partial charge is 0.261 e. The summed E-state index contributed by atoms with van der Waals surface area (Å²) in [5.41, 5.74) is 7.26. The number of aliphatic hydroxyl groups excluding tert-OH is 1. The minimum atomic E-state index is -0.521. The van der Waals surface area contributed by atoms with Crippen LogP contribution in [0.1, 0.15) is 37.3 Å². The maximum Gasteiger partial charge on any atom is 0.261 e. The van der Waals surface area contributed by atoms with Gasteiger partial charge in [0.15, 0.2) is 0 Å². The number of amides is 1. The van der Waals surface area contributed by atoms with Crippen LogP contribution >= 0.6 is 11.3 Å². The van der Waals surface area contributed by atoms with Crippen LogP contribution in [0.5, 0.6) is 0 Å². The largest absolute Gasteiger partial charge is 0.394 e. The van der Waals surface area contributed by atoms with Crippen LogP contribution in [0.25, 0.3) is 33.5 Å². The number of rotatable bonds is 6. The quantitative estimate of drug-likeness (QED) is 0.316. The number of thiophene rings is 1. The fourth-order valence-corrected chi connectivity index (χ4v) is 5.86. The van der Waals surface area contributed by atoms with Gasteiger partial charge in [0.05, 0.1) is 48.3 Å². The number of H-pyrrole nitrogens is 1. The van der Waals surface area contributed by atoms with Crippen LogP contribution in [-0.2, 0) is 24.8 Å². The number of hydrogen-bond acceptors (Lipinski definition) is 7. The van der Waals surface area contributed by atoms with Crippen molar-refractivity contribution in [3.63, 3.8) is 0 Å². The maximum absolute atomic E-state index is 13.0. The number of carbonyl (C=O) groups is 1. The maximum atomic E-state index is 13.0. The highest BCUT2D eigenvalue weighted by Crippen LogP contribution is 2.32. The molecule has 1 unspecified atom stereocenters. The molecule has 0 fully saturated rings. The topological polar surface area (TPSA) is 118 Å². The second kappa shape index (κ2) is 9.55. The molecular formula is C27H26N6O3S. The third-order valence-corrected chi connectivity index (χ3v) is 7.94. The minimum absolute atomic E-state index is 0.185. The van der Waals surface area contributed by atoms with E-state index in [1.54, 1.807) is 17.2 Å². The van der Waals surface area contributed by atoms with Gasteiger partial charge in [-0.05, 0) is 41.8 Å². The molecule has 188 valence electrons. The Morgan fingerprint density at radius 2 is 2.16 bits per heavy atom. The first kappa shape index (κ1) is 23.5. The van der Waals surface area contributed by atoms with Crippen molar-refractivity contribution in [2.75, 3.05) is 13.2 Å². The van der Waals surface area contributed by atoms with Gasteiger partial charge < -0.3 is 20.1 Å². The summed E-state index contributed by atoms with van der Waals surface area (Å²) < 4.78 is 7.25. The summed E-state index contributed by atoms with van der Waals surface area (Å²) in [6.07, 6.45) is 6.13. The molecule has 9 nitrogen and oxygen atoms in total. The summed E-state index contributed by atoms with van der Waals surface area (Å²) in [6.45, 7) is 3.01. The van der Waals surface area contributed by atoms with Gasteiger partial charge in [-0.2, -0.15) is 5.10 Å². The molecule has 1 atom stereocenters. The molecule has 0 aliphatic carbocycles. The number of aryl methyl sites for hydroxylation is 2. The van der Waals surface area contributed by atoms with Gasteiger partial charge >= 0.3 is 0 Å². The zero-order chi connectivity index (χ0) is 25.5. The first-order valence-corrected chi connectivity index (χ1v) is 12.9. The fraction of sp³-hybridized carbons (Fsp3) is 0.259. The zero-order valence-corrected chi connectivity index (χ0v) is 21.3. The number of hydrogen-bond donors (Lipinski definition) is 3. The average Bonchev–Trinajstić information content (AvgIpc) is 3.64. The van der Waals surface area contributed by atoms with Gasteiger partial charge in [0, 0.05) is 41.1 Å². The molecule has 10 heteroatoms. The molecule has 5 aromatic rings. The number of nitrogens with zero attached hydrogens (tertiary/aromatic N) is 4. The Labute approximate surface area is 217 Å². The van der Waals surface area contributed by atoms with Crippen molar-refractivity contribution >= 4 is 28.3 Å². The van der Waals surface area contributed by atoms with E-state index in [1.807, 2.05) is 50.5 Å². The monoisotopic (exact) mass is 514 g/mol. The normalized spacial score (nSPS) is 14.0. The van der Waals surface area contributed by atoms with Crippen molar-refractivity contribution in [3.8, 4) is 22.5 Å². The van der Waals surface area contributed by atoms with Gasteiger partial charge in [0.1, 0.15) is 12.0 Å². The average molecular weight is 515 g/mol. The van der Waals surface area contributed by atoms with E-state index in [4.69, 9.17) is 4.74 Å². The van der Waals surface area contributed by atoms with Crippen molar-refractivity contribution in [2.24, 2.45) is 7.05 Å². The van der Waals surface area contributed by atoms with Crippen LogP contribution in [0.3, 0.4) is 0 Å². The van der Waals surface area contributed by atoms with Gasteiger partial charge in [-0.3, -0.25) is 9.48 Å². The molecule has 1 aliphatic rings. The number of aliphatic hydroxyl groups is 1. The molecule has 3 N–H and O–H groups in total. The summed E-state index contributed by atoms with van der Waals surface area (Å²) in [4.78, 5) is 27.2. The predicted molar refractivity (Wildman–Crippen MR) is 141 cm³/mol. The molecule has 0 saturated carbocycles. The highest BCUT2D eigenvalue weighted by molar-refractivity contribution is 7.14. The van der Waals surface area contributed by atoms with E-state index in [0.717, 1.165) is 56.7 Å². The van der Waals surface area contributed by atoms with Crippen LogP contribution in [0.15, 0.2) is 49.1 Å². The van der Waals surface area contributed by atoms with Gasteiger partial charge in [0.2, 0.25) is 0 Å². The van der Waals surface area contributed by atoms with E-state index in [2.05, 4.69) is 25.4 Å². The Kier molecular flexibility index (Phi) is 6.07. The highest BCUT2D eigenvalue weighted by atomic mass is 32.1. The molecular weight excluding hydrogens is 488 g/mol. The van der Waals surface area contributed by atoms with Crippen LogP contribution in [0, 0.1) is 6.92 Å². The number of fused-ring (bicyclic) bond motifs is 2. The van der Waals surface area contributed by atoms with Crippen LogP contribution in [-0.4, -0.2) is 49.0 Å². The third kappa shape index (κ3) is 4.43. The van der Waals surface area contributed by atoms with Crippen molar-refractivity contribution in [1.82, 2.24) is 30.0 Å². The molecule has 37 heavy (non-hydrogen) atoms. The van der Waals surface area contributed by atoms with Crippen molar-refractivity contribution < 1.29 is 14.6 Å². The van der Waals surface area contributed by atoms with Crippen LogP contribution in [0.4, 0.5) is 0 Å². The Morgan fingerprint density at radius 3 is 2.92 bits per heavy atom. The van der Waals surface area contributed by atoms with Gasteiger partial charge in [-0.15, -0.1) is 11.3 Å². The SMILES string of the molecule is Cc1cc(-c2ncnc3[nH]c(-c4cnn(C)c4)cc23)ccc1C(CO)NC(=O)c1cc2c(s1)CCOC2. The van der Waals surface area contributed by atoms with E-state index >= 15 is 0 Å². The van der Waals surface area contributed by atoms with E-state index in [-0.39, 0.29) is 12.5 Å². The first-order chi connectivity index (χ1) is 18.0. The lowest BCUT2D eigenvalue weighted by Gasteiger charge is -2.19. The zero-order valence-electron chi connectivity index (χ0n) is 20.5. The van der Waals surface area contributed by atoms with Gasteiger partial charge in [-0.1, -0.05) is 12.1 Å². The second-order valence-corrected chi connectivity index (χ2v) is 10.3. The summed E-state index contributed by atoms with van der Waals surface area (Å²) in [7, 11) is 1.88. The first-order valence-electron chi connectivity index (χ1n) is 12.0. The van der Waals surface area contributed by atoms with E-state index in [0.29, 0.717) is 18.1 Å². The van der Waals surface area contributed by atoms with Crippen LogP contribution in [0.2, 0.25) is 0 Å². The molecule has 1 aliphatic heterocycles. The summed E-state index contributed by atoms with van der Waals surface area (Å²) in [5, 5.41) is 18.3. The fourth-order valence-electron chi connectivity index (χ4n) is 4.81. The second-order valence-electron chi connectivity index (χ2n) is 9.21. The lowest BCUT2D eigenvalue weighted by molar-refractivity contribution is 0.0919. The standard InChI is InChI=1S/C27H26N6O3S/c1-15-7-16(25-20-9-21(18-10-30-33(2)11-18)31-26(20)29-14-28-25)3-4-19(15)22(12-34)32-27(35)24-8-17-13-36-6-5-23(17)37-24/h3-4,7-11,14,22,34H,5-6,12-13H2,1-2H3,(H,32,35)(H,28,29,31). The van der Waals surface area contributed by atoms with E-state index in [1.165, 1.54) is 16.2 Å². The third-order valence-electron chi connectivity index (χ3n) is 6.70. The molecule has 0 radical (unpaired) electrons. The number of benzene rings is 1. The molecule has 0 saturated heterocycles. The summed E-state index contributed by atoms with van der Waals surface area (Å²) in [5.74, 6) is -0.185. The summed E-state index contributed by atoms with van der Waals surface area (Å²) >= 11 is 1.50. The van der Waals surface area contributed by atoms with E-state index < -0.39 is 6.04 Å². The Bertz CT molecular complexity index is 1590. The predicted octanol–water partition coefficient (Wildman–Crippen LogP) is 3.93. The van der Waals surface area contributed by atoms with Crippen molar-refractivity contribution in [3.05, 3.63) is 75.5 Å². The van der Waals surface area contributed by atoms with Gasteiger partial charge in [-0.25, -0.2) is 9.97 Å². The van der Waals surface area contributed by atoms with Crippen molar-refractivity contribution in [2.45, 2.75) is 26.0 Å². The highest BCUT2D eigenvalue weighted by Gasteiger charge is 2.22. The molecule has 4 aromatic heterocycles. The molecule has 0 bridgehead atoms. The number of carbonyl (C=O) groups excluding carboxylic acids is 1. The number of aromatic nitrogens is 5. The summed E-state index contributed by atoms with van der Waals surface area (Å²) in [6, 6.07) is 9.36. The van der Waals surface area contributed by atoms with Gasteiger partial charge in [0.25, 0.3) is 5.91 Å². The Balaban J connectivity index is 1.27. The molecule has 0 spiro atoms. The minimum Gasteiger partial charge on any atom is -0.394 e. The lowest BCUT2D eigenvalue weighted by Crippen LogP contribution is -2.30. The number of aromatic amines is 1. The lowest BCUT2D eigenvalue weighted by atomic mass is 9.97. The Hall–Kier alpha value is -3.86.